The van der Waals surface area contributed by atoms with Gasteiger partial charge in [-0.1, -0.05) is 12.1 Å². The van der Waals surface area contributed by atoms with Crippen molar-refractivity contribution >= 4 is 27.8 Å². The Morgan fingerprint density at radius 3 is 3.00 bits per heavy atom. The average Bonchev–Trinajstić information content (AvgIpc) is 3.13. The molecule has 6 heteroatoms. The largest absolute Gasteiger partial charge is 0.477 e. The molecule has 0 saturated carbocycles. The first-order valence-electron chi connectivity index (χ1n) is 6.81. The molecule has 0 aliphatic rings. The third-order valence-corrected chi connectivity index (χ3v) is 3.72. The number of H-pyrrole nitrogens is 1. The molecule has 0 saturated heterocycles. The van der Waals surface area contributed by atoms with E-state index >= 15 is 0 Å². The molecule has 0 aliphatic heterocycles. The third-order valence-electron chi connectivity index (χ3n) is 3.72. The molecule has 2 N–H and O–H groups in total. The summed E-state index contributed by atoms with van der Waals surface area (Å²) in [6.45, 7) is 0.676. The fourth-order valence-electron chi connectivity index (χ4n) is 2.75. The van der Waals surface area contributed by atoms with Crippen molar-refractivity contribution in [1.29, 1.82) is 0 Å². The fourth-order valence-corrected chi connectivity index (χ4v) is 2.75. The second-order valence-electron chi connectivity index (χ2n) is 5.12. The van der Waals surface area contributed by atoms with Gasteiger partial charge in [-0.2, -0.15) is 0 Å². The van der Waals surface area contributed by atoms with E-state index in [0.717, 1.165) is 27.4 Å². The van der Waals surface area contributed by atoms with Crippen LogP contribution in [-0.2, 0) is 6.54 Å². The minimum absolute atomic E-state index is 0.0471. The van der Waals surface area contributed by atoms with Crippen LogP contribution in [0.2, 0.25) is 0 Å². The zero-order chi connectivity index (χ0) is 15.1. The molecule has 4 aromatic rings. The standard InChI is InChI=1S/C16H12N4O2/c21-16(22)13-6-11-14(7-18-13)19-12-3-1-2-10(15(11)12)8-20-5-4-17-9-20/h1-7,9,19H,8H2,(H,21,22). The average molecular weight is 292 g/mol. The van der Waals surface area contributed by atoms with Crippen LogP contribution in [0.3, 0.4) is 0 Å². The van der Waals surface area contributed by atoms with E-state index < -0.39 is 5.97 Å². The van der Waals surface area contributed by atoms with E-state index in [1.165, 1.54) is 0 Å². The van der Waals surface area contributed by atoms with Gasteiger partial charge < -0.3 is 14.7 Å². The van der Waals surface area contributed by atoms with Gasteiger partial charge in [0.2, 0.25) is 0 Å². The molecular formula is C16H12N4O2. The highest BCUT2D eigenvalue weighted by atomic mass is 16.4. The molecule has 3 heterocycles. The second-order valence-corrected chi connectivity index (χ2v) is 5.12. The van der Waals surface area contributed by atoms with Crippen LogP contribution < -0.4 is 0 Å². The Bertz CT molecular complexity index is 986. The molecule has 0 radical (unpaired) electrons. The number of aromatic carboxylic acids is 1. The van der Waals surface area contributed by atoms with Crippen LogP contribution in [0, 0.1) is 0 Å². The van der Waals surface area contributed by atoms with Crippen molar-refractivity contribution in [3.63, 3.8) is 0 Å². The summed E-state index contributed by atoms with van der Waals surface area (Å²) in [6, 6.07) is 7.62. The normalized spacial score (nSPS) is 11.3. The number of nitrogens with one attached hydrogen (secondary N) is 1. The summed E-state index contributed by atoms with van der Waals surface area (Å²) in [5.74, 6) is -1.02. The lowest BCUT2D eigenvalue weighted by Gasteiger charge is -2.05. The van der Waals surface area contributed by atoms with Gasteiger partial charge in [0.1, 0.15) is 5.69 Å². The minimum atomic E-state index is -1.02. The maximum Gasteiger partial charge on any atom is 0.354 e. The van der Waals surface area contributed by atoms with Crippen LogP contribution in [0.25, 0.3) is 21.8 Å². The third kappa shape index (κ3) is 1.93. The Kier molecular flexibility index (Phi) is 2.69. The summed E-state index contributed by atoms with van der Waals surface area (Å²) < 4.78 is 1.98. The summed E-state index contributed by atoms with van der Waals surface area (Å²) in [6.07, 6.45) is 6.97. The van der Waals surface area contributed by atoms with Crippen LogP contribution in [0.15, 0.2) is 49.2 Å². The number of imidazole rings is 1. The summed E-state index contributed by atoms with van der Waals surface area (Å²) in [7, 11) is 0. The van der Waals surface area contributed by atoms with Gasteiger partial charge in [0.25, 0.3) is 0 Å². The lowest BCUT2D eigenvalue weighted by molar-refractivity contribution is 0.0691. The van der Waals surface area contributed by atoms with Crippen molar-refractivity contribution in [2.24, 2.45) is 0 Å². The first-order chi connectivity index (χ1) is 10.7. The molecule has 0 spiro atoms. The van der Waals surface area contributed by atoms with Gasteiger partial charge in [0.05, 0.1) is 18.0 Å². The number of aromatic nitrogens is 4. The van der Waals surface area contributed by atoms with Gasteiger partial charge in [0, 0.05) is 35.2 Å². The predicted molar refractivity (Wildman–Crippen MR) is 81.9 cm³/mol. The van der Waals surface area contributed by atoms with Crippen molar-refractivity contribution in [2.45, 2.75) is 6.54 Å². The Balaban J connectivity index is 1.98. The highest BCUT2D eigenvalue weighted by Crippen LogP contribution is 2.29. The van der Waals surface area contributed by atoms with E-state index in [0.29, 0.717) is 6.54 Å². The van der Waals surface area contributed by atoms with Crippen LogP contribution in [0.5, 0.6) is 0 Å². The topological polar surface area (TPSA) is 83.8 Å². The summed E-state index contributed by atoms with van der Waals surface area (Å²) >= 11 is 0. The molecule has 22 heavy (non-hydrogen) atoms. The predicted octanol–water partition coefficient (Wildman–Crippen LogP) is 2.66. The number of carboxylic acids is 1. The molecule has 4 rings (SSSR count). The first kappa shape index (κ1) is 12.6. The monoisotopic (exact) mass is 292 g/mol. The molecule has 0 fully saturated rings. The highest BCUT2D eigenvalue weighted by Gasteiger charge is 2.12. The lowest BCUT2D eigenvalue weighted by atomic mass is 10.1. The van der Waals surface area contributed by atoms with Crippen LogP contribution >= 0.6 is 0 Å². The number of pyridine rings is 1. The number of hydrogen-bond donors (Lipinski definition) is 2. The summed E-state index contributed by atoms with van der Waals surface area (Å²) in [5.41, 5.74) is 2.95. The highest BCUT2D eigenvalue weighted by molar-refractivity contribution is 6.10. The van der Waals surface area contributed by atoms with Crippen molar-refractivity contribution in [3.05, 3.63) is 60.4 Å². The van der Waals surface area contributed by atoms with Gasteiger partial charge in [-0.3, -0.25) is 0 Å². The summed E-state index contributed by atoms with van der Waals surface area (Å²) in [4.78, 5) is 22.5. The Hall–Kier alpha value is -3.15. The fraction of sp³-hybridized carbons (Fsp3) is 0.0625. The molecule has 0 unspecified atom stereocenters. The van der Waals surface area contributed by atoms with Crippen LogP contribution in [0.1, 0.15) is 16.1 Å². The number of benzene rings is 1. The maximum absolute atomic E-state index is 11.2. The Labute approximate surface area is 125 Å². The molecule has 0 aliphatic carbocycles. The number of fused-ring (bicyclic) bond motifs is 3. The van der Waals surface area contributed by atoms with Crippen molar-refractivity contribution in [1.82, 2.24) is 19.5 Å². The van der Waals surface area contributed by atoms with Crippen molar-refractivity contribution in [2.75, 3.05) is 0 Å². The number of hydrogen-bond acceptors (Lipinski definition) is 3. The first-order valence-corrected chi connectivity index (χ1v) is 6.81. The molecule has 3 aromatic heterocycles. The van der Waals surface area contributed by atoms with E-state index in [1.54, 1.807) is 24.8 Å². The molecule has 1 aromatic carbocycles. The summed E-state index contributed by atoms with van der Waals surface area (Å²) in [5, 5.41) is 11.0. The van der Waals surface area contributed by atoms with Crippen molar-refractivity contribution < 1.29 is 9.90 Å². The number of carboxylic acid groups (broad SMARTS) is 1. The number of rotatable bonds is 3. The van der Waals surface area contributed by atoms with Crippen LogP contribution in [-0.4, -0.2) is 30.6 Å². The second kappa shape index (κ2) is 4.70. The van der Waals surface area contributed by atoms with Gasteiger partial charge >= 0.3 is 5.97 Å². The van der Waals surface area contributed by atoms with E-state index in [1.807, 2.05) is 29.0 Å². The Morgan fingerprint density at radius 1 is 1.32 bits per heavy atom. The number of aromatic amines is 1. The van der Waals surface area contributed by atoms with Crippen molar-refractivity contribution in [3.8, 4) is 0 Å². The quantitative estimate of drug-likeness (QED) is 0.608. The molecule has 108 valence electrons. The maximum atomic E-state index is 11.2. The zero-order valence-electron chi connectivity index (χ0n) is 11.5. The zero-order valence-corrected chi connectivity index (χ0v) is 11.5. The SMILES string of the molecule is O=C(O)c1cc2c(cn1)[nH]c1cccc(Cn3ccnc3)c12. The van der Waals surface area contributed by atoms with Gasteiger partial charge in [-0.15, -0.1) is 0 Å². The van der Waals surface area contributed by atoms with E-state index in [2.05, 4.69) is 15.0 Å². The van der Waals surface area contributed by atoms with E-state index in [4.69, 9.17) is 5.11 Å². The molecule has 0 atom stereocenters. The molecular weight excluding hydrogens is 280 g/mol. The van der Waals surface area contributed by atoms with Gasteiger partial charge in [-0.25, -0.2) is 14.8 Å². The smallest absolute Gasteiger partial charge is 0.354 e. The molecule has 0 bridgehead atoms. The minimum Gasteiger partial charge on any atom is -0.477 e. The van der Waals surface area contributed by atoms with Gasteiger partial charge in [-0.05, 0) is 17.7 Å². The Morgan fingerprint density at radius 2 is 2.23 bits per heavy atom. The van der Waals surface area contributed by atoms with Crippen LogP contribution in [0.4, 0.5) is 0 Å². The lowest BCUT2D eigenvalue weighted by Crippen LogP contribution is -1.99. The van der Waals surface area contributed by atoms with E-state index in [9.17, 15) is 4.79 Å². The molecule has 6 nitrogen and oxygen atoms in total. The molecule has 0 amide bonds. The van der Waals surface area contributed by atoms with Gasteiger partial charge in [0.15, 0.2) is 0 Å². The van der Waals surface area contributed by atoms with E-state index in [-0.39, 0.29) is 5.69 Å². The number of nitrogens with zero attached hydrogens (tertiary/aromatic N) is 3. The number of carbonyl (C=O) groups is 1.